The third kappa shape index (κ3) is 3.14. The van der Waals surface area contributed by atoms with Crippen LogP contribution in [0.1, 0.15) is 5.56 Å². The predicted octanol–water partition coefficient (Wildman–Crippen LogP) is 6.98. The standard InChI is InChI=1S/C29H13F3N4/c1-34-36-28-24-12-17(16-6-9-18(10-7-16)29(30,31)32)8-11-20(24)23-13-25-22(14-26(23)28)19-4-2-3-5-21(19)27(25)35-15-33/h2-14H. The van der Waals surface area contributed by atoms with Gasteiger partial charge in [-0.2, -0.15) is 30.0 Å². The van der Waals surface area contributed by atoms with E-state index in [2.05, 4.69) is 15.0 Å². The molecule has 0 saturated carbocycles. The lowest BCUT2D eigenvalue weighted by molar-refractivity contribution is -0.137. The van der Waals surface area contributed by atoms with Gasteiger partial charge in [0, 0.05) is 21.5 Å². The number of hydrogen-bond donors (Lipinski definition) is 0. The molecule has 0 radical (unpaired) electrons. The van der Waals surface area contributed by atoms with Crippen LogP contribution < -0.4 is 10.7 Å². The number of nitriles is 1. The van der Waals surface area contributed by atoms with E-state index in [1.165, 1.54) is 12.1 Å². The highest BCUT2D eigenvalue weighted by molar-refractivity contribution is 6.21. The van der Waals surface area contributed by atoms with Gasteiger partial charge in [-0.1, -0.05) is 48.5 Å². The number of alkyl halides is 3. The van der Waals surface area contributed by atoms with Gasteiger partial charge >= 0.3 is 6.18 Å². The van der Waals surface area contributed by atoms with Crippen molar-refractivity contribution >= 4 is 43.1 Å². The fourth-order valence-corrected chi connectivity index (χ4v) is 4.99. The van der Waals surface area contributed by atoms with Crippen LogP contribution in [0, 0.1) is 18.0 Å². The van der Waals surface area contributed by atoms with Crippen LogP contribution in [0.25, 0.3) is 59.2 Å². The SMILES string of the molecule is [C-]#[N+]N=c1c2cc(-c3ccc(C(F)(F)F)cc3)ccc2c2cc3c(=NC#N)c4ccccc4c3cc12. The van der Waals surface area contributed by atoms with Gasteiger partial charge in [-0.15, -0.1) is 4.95 Å². The molecular weight excluding hydrogens is 461 g/mol. The quantitative estimate of drug-likeness (QED) is 0.144. The second kappa shape index (κ2) is 7.76. The zero-order chi connectivity index (χ0) is 25.0. The molecule has 0 fully saturated rings. The third-order valence-corrected chi connectivity index (χ3v) is 6.56. The lowest BCUT2D eigenvalue weighted by atomic mass is 10.0. The van der Waals surface area contributed by atoms with Crippen LogP contribution in [-0.4, -0.2) is 0 Å². The molecule has 170 valence electrons. The molecule has 0 atom stereocenters. The van der Waals surface area contributed by atoms with E-state index in [0.717, 1.165) is 60.8 Å². The maximum absolute atomic E-state index is 13.0. The predicted molar refractivity (Wildman–Crippen MR) is 133 cm³/mol. The molecule has 0 spiro atoms. The van der Waals surface area contributed by atoms with Gasteiger partial charge in [-0.25, -0.2) is 0 Å². The summed E-state index contributed by atoms with van der Waals surface area (Å²) in [5.41, 5.74) is 0.640. The first-order chi connectivity index (χ1) is 17.4. The lowest BCUT2D eigenvalue weighted by Crippen LogP contribution is -2.04. The Morgan fingerprint density at radius 2 is 1.25 bits per heavy atom. The molecule has 0 aliphatic rings. The maximum Gasteiger partial charge on any atom is 0.416 e. The average molecular weight is 474 g/mol. The molecule has 0 unspecified atom stereocenters. The molecule has 6 rings (SSSR count). The van der Waals surface area contributed by atoms with Crippen LogP contribution >= 0.6 is 0 Å². The van der Waals surface area contributed by atoms with Crippen molar-refractivity contribution in [1.29, 1.82) is 5.26 Å². The molecule has 0 heterocycles. The fraction of sp³-hybridized carbons (Fsp3) is 0.0345. The van der Waals surface area contributed by atoms with Gasteiger partial charge in [0.05, 0.1) is 16.0 Å². The van der Waals surface area contributed by atoms with E-state index in [-0.39, 0.29) is 0 Å². The molecule has 0 aliphatic carbocycles. The summed E-state index contributed by atoms with van der Waals surface area (Å²) in [7, 11) is 0. The highest BCUT2D eigenvalue weighted by Gasteiger charge is 2.30. The van der Waals surface area contributed by atoms with E-state index in [9.17, 15) is 18.4 Å². The number of hydrogen-bond acceptors (Lipinski definition) is 3. The smallest absolute Gasteiger partial charge is 0.181 e. The van der Waals surface area contributed by atoms with Gasteiger partial charge in [0.1, 0.15) is 0 Å². The van der Waals surface area contributed by atoms with Gasteiger partial charge < -0.3 is 0 Å². The van der Waals surface area contributed by atoms with Crippen LogP contribution in [0.15, 0.2) is 89.0 Å². The number of rotatable bonds is 1. The van der Waals surface area contributed by atoms with Crippen LogP contribution in [0.3, 0.4) is 0 Å². The Kier molecular flexibility index (Phi) is 4.64. The van der Waals surface area contributed by atoms with E-state index in [4.69, 9.17) is 6.57 Å². The molecule has 6 aromatic carbocycles. The molecule has 0 aliphatic heterocycles. The Bertz CT molecular complexity index is 2050. The third-order valence-electron chi connectivity index (χ3n) is 6.56. The normalized spacial score (nSPS) is 13.1. The van der Waals surface area contributed by atoms with Crippen molar-refractivity contribution < 1.29 is 13.2 Å². The summed E-state index contributed by atoms with van der Waals surface area (Å²) in [5, 5.41) is 21.3. The molecule has 0 aromatic heterocycles. The Hall–Kier alpha value is -5.01. The van der Waals surface area contributed by atoms with Crippen molar-refractivity contribution in [3.63, 3.8) is 0 Å². The van der Waals surface area contributed by atoms with Gasteiger partial charge in [0.25, 0.3) is 0 Å². The summed E-state index contributed by atoms with van der Waals surface area (Å²) < 4.78 is 39.0. The van der Waals surface area contributed by atoms with Crippen LogP contribution in [0.5, 0.6) is 0 Å². The Morgan fingerprint density at radius 3 is 1.89 bits per heavy atom. The number of benzene rings is 4. The molecule has 0 saturated heterocycles. The van der Waals surface area contributed by atoms with E-state index in [1.54, 1.807) is 0 Å². The lowest BCUT2D eigenvalue weighted by Gasteiger charge is -2.08. The first-order valence-corrected chi connectivity index (χ1v) is 10.9. The number of fused-ring (bicyclic) bond motifs is 6. The monoisotopic (exact) mass is 474 g/mol. The number of nitrogens with zero attached hydrogens (tertiary/aromatic N) is 4. The molecule has 6 aromatic rings. The van der Waals surface area contributed by atoms with Crippen LogP contribution in [0.2, 0.25) is 0 Å². The minimum atomic E-state index is -4.40. The van der Waals surface area contributed by atoms with Crippen LogP contribution in [0.4, 0.5) is 13.2 Å². The second-order valence-corrected chi connectivity index (χ2v) is 8.43. The van der Waals surface area contributed by atoms with Gasteiger partial charge in [-0.05, 0) is 63.0 Å². The molecule has 36 heavy (non-hydrogen) atoms. The van der Waals surface area contributed by atoms with Gasteiger partial charge in [0.15, 0.2) is 5.36 Å². The molecule has 4 nitrogen and oxygen atoms in total. The fourth-order valence-electron chi connectivity index (χ4n) is 4.99. The summed E-state index contributed by atoms with van der Waals surface area (Å²) in [4.78, 5) is 7.37. The first kappa shape index (κ1) is 21.5. The summed E-state index contributed by atoms with van der Waals surface area (Å²) >= 11 is 0. The summed E-state index contributed by atoms with van der Waals surface area (Å²) in [6, 6.07) is 22.3. The summed E-state index contributed by atoms with van der Waals surface area (Å²) in [5.74, 6) is 0. The van der Waals surface area contributed by atoms with E-state index in [0.29, 0.717) is 16.3 Å². The maximum atomic E-state index is 13.0. The topological polar surface area (TPSA) is 52.9 Å². The Morgan fingerprint density at radius 1 is 0.667 bits per heavy atom. The van der Waals surface area contributed by atoms with Crippen LogP contribution in [-0.2, 0) is 6.18 Å². The van der Waals surface area contributed by atoms with Gasteiger partial charge in [0.2, 0.25) is 6.19 Å². The van der Waals surface area contributed by atoms with Crippen molar-refractivity contribution in [2.24, 2.45) is 10.1 Å². The average Bonchev–Trinajstić information content (AvgIpc) is 3.35. The zero-order valence-corrected chi connectivity index (χ0v) is 18.4. The Balaban J connectivity index is 1.67. The highest BCUT2D eigenvalue weighted by Crippen LogP contribution is 2.35. The van der Waals surface area contributed by atoms with Crippen molar-refractivity contribution in [2.45, 2.75) is 6.18 Å². The number of halogens is 3. The molecular formula is C29H13F3N4. The second-order valence-electron chi connectivity index (χ2n) is 8.43. The highest BCUT2D eigenvalue weighted by atomic mass is 19.4. The summed E-state index contributed by atoms with van der Waals surface area (Å²) in [6.07, 6.45) is -2.50. The van der Waals surface area contributed by atoms with Crippen molar-refractivity contribution in [3.05, 3.63) is 107 Å². The van der Waals surface area contributed by atoms with Gasteiger partial charge in [-0.3, -0.25) is 0 Å². The van der Waals surface area contributed by atoms with Crippen molar-refractivity contribution in [3.8, 4) is 17.3 Å². The first-order valence-electron chi connectivity index (χ1n) is 10.9. The Labute approximate surface area is 202 Å². The van der Waals surface area contributed by atoms with E-state index < -0.39 is 11.7 Å². The van der Waals surface area contributed by atoms with Crippen molar-refractivity contribution in [2.75, 3.05) is 0 Å². The minimum absolute atomic E-state index is 0.509. The largest absolute Gasteiger partial charge is 0.416 e. The molecule has 0 bridgehead atoms. The molecule has 7 heteroatoms. The van der Waals surface area contributed by atoms with E-state index >= 15 is 0 Å². The summed E-state index contributed by atoms with van der Waals surface area (Å²) in [6.45, 7) is 7.38. The molecule has 0 N–H and O–H groups in total. The zero-order valence-electron chi connectivity index (χ0n) is 18.4. The van der Waals surface area contributed by atoms with E-state index in [1.807, 2.05) is 60.8 Å². The molecule has 0 amide bonds. The minimum Gasteiger partial charge on any atom is -0.181 e. The van der Waals surface area contributed by atoms with Crippen molar-refractivity contribution in [1.82, 2.24) is 0 Å².